The first-order chi connectivity index (χ1) is 14.2. The number of nitrogens with one attached hydrogen (secondary N) is 1. The zero-order valence-electron chi connectivity index (χ0n) is 16.8. The third kappa shape index (κ3) is 5.11. The Balaban J connectivity index is 1.43. The van der Waals surface area contributed by atoms with E-state index in [4.69, 9.17) is 0 Å². The van der Waals surface area contributed by atoms with Crippen molar-refractivity contribution < 1.29 is 9.18 Å². The van der Waals surface area contributed by atoms with Gasteiger partial charge in [0.2, 0.25) is 5.91 Å². The molecule has 1 aliphatic heterocycles. The third-order valence-electron chi connectivity index (χ3n) is 6.04. The van der Waals surface area contributed by atoms with Crippen molar-refractivity contribution in [2.45, 2.75) is 57.4 Å². The van der Waals surface area contributed by atoms with Gasteiger partial charge in [-0.25, -0.2) is 14.4 Å². The molecule has 4 rings (SSSR count). The molecule has 1 saturated carbocycles. The number of aromatic nitrogens is 2. The van der Waals surface area contributed by atoms with Crippen LogP contribution in [0.1, 0.15) is 51.4 Å². The molecule has 1 atom stereocenters. The first kappa shape index (κ1) is 19.8. The summed E-state index contributed by atoms with van der Waals surface area (Å²) < 4.78 is 13.6. The molecule has 2 aromatic rings. The van der Waals surface area contributed by atoms with Crippen LogP contribution in [0.4, 0.5) is 10.2 Å². The Labute approximate surface area is 171 Å². The molecule has 1 amide bonds. The number of nitrogens with zero attached hydrogens (tertiary/aromatic N) is 3. The van der Waals surface area contributed by atoms with E-state index in [-0.39, 0.29) is 17.6 Å². The Morgan fingerprint density at radius 1 is 1.07 bits per heavy atom. The molecule has 1 unspecified atom stereocenters. The molecule has 29 heavy (non-hydrogen) atoms. The molecule has 1 aliphatic carbocycles. The van der Waals surface area contributed by atoms with Gasteiger partial charge >= 0.3 is 0 Å². The number of benzene rings is 1. The van der Waals surface area contributed by atoms with Crippen molar-refractivity contribution >= 4 is 11.7 Å². The Morgan fingerprint density at radius 2 is 1.90 bits per heavy atom. The smallest absolute Gasteiger partial charge is 0.225 e. The molecule has 1 N–H and O–H groups in total. The fraction of sp³-hybridized carbons (Fsp3) is 0.522. The topological polar surface area (TPSA) is 58.1 Å². The summed E-state index contributed by atoms with van der Waals surface area (Å²) in [5, 5.41) is 3.30. The van der Waals surface area contributed by atoms with Crippen LogP contribution in [0.5, 0.6) is 0 Å². The van der Waals surface area contributed by atoms with Gasteiger partial charge in [-0.2, -0.15) is 0 Å². The van der Waals surface area contributed by atoms with Crippen LogP contribution in [0.2, 0.25) is 0 Å². The number of carbonyl (C=O) groups excluding carboxylic acids is 1. The van der Waals surface area contributed by atoms with Crippen molar-refractivity contribution in [1.82, 2.24) is 15.3 Å². The number of rotatable bonds is 4. The molecule has 0 radical (unpaired) electrons. The first-order valence-corrected chi connectivity index (χ1v) is 10.8. The number of halogens is 1. The fourth-order valence-corrected chi connectivity index (χ4v) is 4.43. The van der Waals surface area contributed by atoms with Crippen LogP contribution in [-0.2, 0) is 4.79 Å². The quantitative estimate of drug-likeness (QED) is 0.781. The van der Waals surface area contributed by atoms with Gasteiger partial charge in [-0.05, 0) is 43.9 Å². The monoisotopic (exact) mass is 396 g/mol. The maximum absolute atomic E-state index is 13.6. The largest absolute Gasteiger partial charge is 0.356 e. The van der Waals surface area contributed by atoms with E-state index in [1.165, 1.54) is 37.8 Å². The van der Waals surface area contributed by atoms with Crippen molar-refractivity contribution in [3.05, 3.63) is 42.3 Å². The van der Waals surface area contributed by atoms with Gasteiger partial charge in [-0.15, -0.1) is 0 Å². The van der Waals surface area contributed by atoms with E-state index in [2.05, 4.69) is 20.2 Å². The maximum atomic E-state index is 13.6. The number of hydrogen-bond donors (Lipinski definition) is 1. The van der Waals surface area contributed by atoms with E-state index in [0.717, 1.165) is 38.0 Å². The molecule has 2 aliphatic rings. The van der Waals surface area contributed by atoms with Crippen LogP contribution in [0, 0.1) is 11.7 Å². The van der Waals surface area contributed by atoms with Crippen LogP contribution >= 0.6 is 0 Å². The van der Waals surface area contributed by atoms with Gasteiger partial charge in [0.05, 0.1) is 5.92 Å². The molecule has 0 spiro atoms. The lowest BCUT2D eigenvalue weighted by Crippen LogP contribution is -2.46. The van der Waals surface area contributed by atoms with Crippen molar-refractivity contribution in [2.75, 3.05) is 18.0 Å². The summed E-state index contributed by atoms with van der Waals surface area (Å²) in [7, 11) is 0. The highest BCUT2D eigenvalue weighted by Crippen LogP contribution is 2.25. The van der Waals surface area contributed by atoms with Gasteiger partial charge in [0.1, 0.15) is 11.6 Å². The van der Waals surface area contributed by atoms with Gasteiger partial charge in [-0.3, -0.25) is 4.79 Å². The zero-order valence-corrected chi connectivity index (χ0v) is 16.8. The fourth-order valence-electron chi connectivity index (χ4n) is 4.43. The average molecular weight is 397 g/mol. The minimum absolute atomic E-state index is 0.0143. The number of carbonyl (C=O) groups is 1. The van der Waals surface area contributed by atoms with Crippen LogP contribution in [0.3, 0.4) is 0 Å². The molecular formula is C23H29FN4O. The molecule has 0 bridgehead atoms. The van der Waals surface area contributed by atoms with Crippen LogP contribution in [-0.4, -0.2) is 35.0 Å². The predicted octanol–water partition coefficient (Wildman–Crippen LogP) is 4.34. The van der Waals surface area contributed by atoms with E-state index in [9.17, 15) is 9.18 Å². The summed E-state index contributed by atoms with van der Waals surface area (Å²) in [4.78, 5) is 24.0. The first-order valence-electron chi connectivity index (χ1n) is 10.8. The number of anilines is 1. The van der Waals surface area contributed by atoms with E-state index in [0.29, 0.717) is 24.0 Å². The normalized spacial score (nSPS) is 20.9. The highest BCUT2D eigenvalue weighted by Gasteiger charge is 2.28. The highest BCUT2D eigenvalue weighted by molar-refractivity contribution is 5.80. The second-order valence-corrected chi connectivity index (χ2v) is 8.23. The van der Waals surface area contributed by atoms with Crippen molar-refractivity contribution in [2.24, 2.45) is 5.92 Å². The maximum Gasteiger partial charge on any atom is 0.225 e. The Bertz CT molecular complexity index is 835. The summed E-state index contributed by atoms with van der Waals surface area (Å²) in [5.74, 6) is 1.17. The SMILES string of the molecule is O=C(NC1CCCCCC1)C1CCCN(c2ccnc(-c3cccc(F)c3)n2)C1. The predicted molar refractivity (Wildman–Crippen MR) is 112 cm³/mol. The Morgan fingerprint density at radius 3 is 2.69 bits per heavy atom. The number of amides is 1. The second-order valence-electron chi connectivity index (χ2n) is 8.23. The molecule has 154 valence electrons. The van der Waals surface area contributed by atoms with E-state index >= 15 is 0 Å². The van der Waals surface area contributed by atoms with E-state index < -0.39 is 0 Å². The summed E-state index contributed by atoms with van der Waals surface area (Å²) in [6, 6.07) is 8.53. The number of hydrogen-bond acceptors (Lipinski definition) is 4. The van der Waals surface area contributed by atoms with Crippen molar-refractivity contribution in [3.63, 3.8) is 0 Å². The van der Waals surface area contributed by atoms with Gasteiger partial charge in [0, 0.05) is 30.9 Å². The standard InChI is InChI=1S/C23H29FN4O/c24-19-9-5-7-17(15-19)22-25-13-12-21(27-22)28-14-6-8-18(16-28)23(29)26-20-10-3-1-2-4-11-20/h5,7,9,12-13,15,18,20H,1-4,6,8,10-11,14,16H2,(H,26,29). The van der Waals surface area contributed by atoms with Gasteiger partial charge in [0.25, 0.3) is 0 Å². The number of piperidine rings is 1. The van der Waals surface area contributed by atoms with Crippen LogP contribution < -0.4 is 10.2 Å². The molecule has 1 saturated heterocycles. The summed E-state index contributed by atoms with van der Waals surface area (Å²) >= 11 is 0. The minimum Gasteiger partial charge on any atom is -0.356 e. The Kier molecular flexibility index (Phi) is 6.37. The molecule has 2 fully saturated rings. The summed E-state index contributed by atoms with van der Waals surface area (Å²) in [6.45, 7) is 1.53. The van der Waals surface area contributed by atoms with E-state index in [1.807, 2.05) is 6.07 Å². The van der Waals surface area contributed by atoms with Crippen molar-refractivity contribution in [1.29, 1.82) is 0 Å². The van der Waals surface area contributed by atoms with Crippen molar-refractivity contribution in [3.8, 4) is 11.4 Å². The lowest BCUT2D eigenvalue weighted by atomic mass is 9.96. The average Bonchev–Trinajstić information content (AvgIpc) is 3.03. The molecular weight excluding hydrogens is 367 g/mol. The molecule has 1 aromatic heterocycles. The lowest BCUT2D eigenvalue weighted by molar-refractivity contribution is -0.126. The zero-order chi connectivity index (χ0) is 20.1. The highest BCUT2D eigenvalue weighted by atomic mass is 19.1. The van der Waals surface area contributed by atoms with Gasteiger partial charge in [-0.1, -0.05) is 37.8 Å². The molecule has 6 heteroatoms. The van der Waals surface area contributed by atoms with Gasteiger partial charge in [0.15, 0.2) is 5.82 Å². The van der Waals surface area contributed by atoms with E-state index in [1.54, 1.807) is 18.3 Å². The summed E-state index contributed by atoms with van der Waals surface area (Å²) in [5.41, 5.74) is 0.659. The molecule has 2 heterocycles. The third-order valence-corrected chi connectivity index (χ3v) is 6.04. The summed E-state index contributed by atoms with van der Waals surface area (Å²) in [6.07, 6.45) is 10.8. The minimum atomic E-state index is -0.301. The Hall–Kier alpha value is -2.50. The van der Waals surface area contributed by atoms with Gasteiger partial charge < -0.3 is 10.2 Å². The lowest BCUT2D eigenvalue weighted by Gasteiger charge is -2.33. The second kappa shape index (κ2) is 9.33. The van der Waals surface area contributed by atoms with Crippen LogP contribution in [0.25, 0.3) is 11.4 Å². The van der Waals surface area contributed by atoms with Crippen LogP contribution in [0.15, 0.2) is 36.5 Å². The molecule has 1 aromatic carbocycles. The molecule has 5 nitrogen and oxygen atoms in total.